The highest BCUT2D eigenvalue weighted by molar-refractivity contribution is 5.81. The van der Waals surface area contributed by atoms with E-state index in [2.05, 4.69) is 10.3 Å². The van der Waals surface area contributed by atoms with Gasteiger partial charge in [0, 0.05) is 6.54 Å². The third kappa shape index (κ3) is 10.4. The Kier molecular flexibility index (Phi) is 11.1. The predicted octanol–water partition coefficient (Wildman–Crippen LogP) is -4.41. The quantitative estimate of drug-likeness (QED) is 0.0494. The minimum absolute atomic E-state index is 0.0000307. The number of aliphatic hydroxyl groups is 4. The summed E-state index contributed by atoms with van der Waals surface area (Å²) in [5.74, 6) is -1.28. The first-order valence-electron chi connectivity index (χ1n) is 10.0. The van der Waals surface area contributed by atoms with Gasteiger partial charge in [0.2, 0.25) is 5.96 Å². The fourth-order valence-corrected chi connectivity index (χ4v) is 2.68. The van der Waals surface area contributed by atoms with Crippen molar-refractivity contribution < 1.29 is 54.8 Å². The lowest BCUT2D eigenvalue weighted by Crippen LogP contribution is -3.13. The van der Waals surface area contributed by atoms with Gasteiger partial charge >= 0.3 is 12.1 Å². The molecule has 16 nitrogen and oxygen atoms in total. The lowest BCUT2D eigenvalue weighted by atomic mass is 9.99. The van der Waals surface area contributed by atoms with Crippen molar-refractivity contribution >= 4 is 18.0 Å². The molecule has 16 heteroatoms. The third-order valence-corrected chi connectivity index (χ3v) is 4.22. The van der Waals surface area contributed by atoms with Gasteiger partial charge in [-0.2, -0.15) is 10.6 Å². The molecule has 7 atom stereocenters. The van der Waals surface area contributed by atoms with Gasteiger partial charge in [0.05, 0.1) is 0 Å². The van der Waals surface area contributed by atoms with Gasteiger partial charge in [-0.1, -0.05) is 0 Å². The molecule has 192 valence electrons. The van der Waals surface area contributed by atoms with Crippen LogP contribution >= 0.6 is 0 Å². The summed E-state index contributed by atoms with van der Waals surface area (Å²) >= 11 is 0. The maximum atomic E-state index is 12.5. The van der Waals surface area contributed by atoms with Crippen LogP contribution in [-0.4, -0.2) is 99.2 Å². The molecular formula is C17H33N5O11. The number of nitrogens with two attached hydrogens (primary N) is 1. The summed E-state index contributed by atoms with van der Waals surface area (Å²) in [7, 11) is 0. The fraction of sp³-hybridized carbons (Fsp3) is 0.824. The Morgan fingerprint density at radius 2 is 1.85 bits per heavy atom. The fourth-order valence-electron chi connectivity index (χ4n) is 2.68. The Bertz CT molecular complexity index is 672. The Labute approximate surface area is 189 Å². The van der Waals surface area contributed by atoms with Crippen molar-refractivity contribution in [2.24, 2.45) is 10.7 Å². The molecule has 10 N–H and O–H groups in total. The van der Waals surface area contributed by atoms with Gasteiger partial charge in [-0.3, -0.25) is 0 Å². The highest BCUT2D eigenvalue weighted by Gasteiger charge is 2.43. The molecular weight excluding hydrogens is 450 g/mol. The number of quaternary nitrogens is 1. The number of nitrogens with zero attached hydrogens (tertiary/aromatic N) is 1. The number of guanidine groups is 1. The Morgan fingerprint density at radius 1 is 1.21 bits per heavy atom. The molecule has 1 heterocycles. The Morgan fingerprint density at radius 3 is 2.42 bits per heavy atom. The second-order valence-corrected chi connectivity index (χ2v) is 8.21. The molecule has 0 saturated carbocycles. The van der Waals surface area contributed by atoms with E-state index in [-0.39, 0.29) is 25.3 Å². The summed E-state index contributed by atoms with van der Waals surface area (Å²) < 4.78 is 15.1. The van der Waals surface area contributed by atoms with Crippen LogP contribution in [0.2, 0.25) is 0 Å². The number of carbonyl (C=O) groups is 2. The van der Waals surface area contributed by atoms with Crippen LogP contribution in [0.1, 0.15) is 33.6 Å². The number of amides is 1. The van der Waals surface area contributed by atoms with E-state index in [0.717, 1.165) is 0 Å². The molecule has 0 bridgehead atoms. The van der Waals surface area contributed by atoms with Crippen LogP contribution in [-0.2, 0) is 19.0 Å². The molecule has 1 rings (SSSR count). The molecule has 0 aromatic rings. The van der Waals surface area contributed by atoms with E-state index >= 15 is 0 Å². The van der Waals surface area contributed by atoms with Crippen molar-refractivity contribution in [3.63, 3.8) is 0 Å². The average molecular weight is 483 g/mol. The number of ether oxygens (including phenoxy) is 3. The number of hydrogen-bond acceptors (Lipinski definition) is 12. The smallest absolute Gasteiger partial charge is 0.408 e. The van der Waals surface area contributed by atoms with E-state index < -0.39 is 66.4 Å². The molecule has 1 aliphatic rings. The van der Waals surface area contributed by atoms with Crippen LogP contribution in [0.4, 0.5) is 4.79 Å². The van der Waals surface area contributed by atoms with E-state index in [1.807, 2.05) is 5.43 Å². The zero-order chi connectivity index (χ0) is 25.3. The van der Waals surface area contributed by atoms with E-state index in [9.17, 15) is 35.2 Å². The minimum Gasteiger partial charge on any atom is -0.574 e. The number of carbonyl (C=O) groups excluding carboxylic acids is 2. The number of esters is 1. The summed E-state index contributed by atoms with van der Waals surface area (Å²) in [6.07, 6.45) is -8.96. The lowest BCUT2D eigenvalue weighted by molar-refractivity contribution is -1.08. The lowest BCUT2D eigenvalue weighted by Gasteiger charge is -2.38. The van der Waals surface area contributed by atoms with E-state index in [1.165, 1.54) is 0 Å². The molecule has 0 spiro atoms. The Hall–Kier alpha value is -2.31. The van der Waals surface area contributed by atoms with Crippen molar-refractivity contribution in [1.29, 1.82) is 0 Å². The predicted molar refractivity (Wildman–Crippen MR) is 108 cm³/mol. The normalized spacial score (nSPS) is 27.9. The van der Waals surface area contributed by atoms with Crippen LogP contribution in [0.15, 0.2) is 4.99 Å². The van der Waals surface area contributed by atoms with Gasteiger partial charge < -0.3 is 50.9 Å². The first kappa shape index (κ1) is 28.7. The minimum atomic E-state index is -1.80. The highest BCUT2D eigenvalue weighted by Crippen LogP contribution is 2.20. The van der Waals surface area contributed by atoms with Crippen molar-refractivity contribution in [1.82, 2.24) is 10.7 Å². The van der Waals surface area contributed by atoms with Crippen molar-refractivity contribution in [3.05, 3.63) is 5.21 Å². The molecule has 0 aromatic heterocycles. The summed E-state index contributed by atoms with van der Waals surface area (Å²) in [4.78, 5) is 28.4. The molecule has 0 aromatic carbocycles. The molecule has 1 aliphatic heterocycles. The SMILES string of the molecule is CC(C)(C)OC(=O)NC(CCCN=C(N)N[NH+]([O-])O)C(=O)OCC1OC(O)C(O)C(O)C1O. The van der Waals surface area contributed by atoms with Crippen LogP contribution < -0.4 is 21.8 Å². The highest BCUT2D eigenvalue weighted by atomic mass is 16.8. The zero-order valence-corrected chi connectivity index (χ0v) is 18.5. The first-order valence-corrected chi connectivity index (χ1v) is 10.0. The average Bonchev–Trinajstić information content (AvgIpc) is 2.68. The van der Waals surface area contributed by atoms with Gasteiger partial charge in [0.25, 0.3) is 0 Å². The van der Waals surface area contributed by atoms with Gasteiger partial charge in [0.1, 0.15) is 42.7 Å². The standard InChI is InChI=1S/C17H33N5O11/c1-17(2,3)33-16(28)20-8(5-4-6-19-15(18)21-22(29)30)13(26)31-7-9-10(23)11(24)12(25)14(27)32-9/h8-12,14,22-25,27,29H,4-7H2,1-3H3,(H,20,28)(H3,18,19,21). The van der Waals surface area contributed by atoms with E-state index in [0.29, 0.717) is 0 Å². The van der Waals surface area contributed by atoms with Gasteiger partial charge in [0.15, 0.2) is 6.29 Å². The molecule has 0 radical (unpaired) electrons. The van der Waals surface area contributed by atoms with Crippen molar-refractivity contribution in [2.45, 2.75) is 76.0 Å². The molecule has 1 saturated heterocycles. The van der Waals surface area contributed by atoms with Crippen LogP contribution in [0.3, 0.4) is 0 Å². The number of aliphatic hydroxyl groups excluding tert-OH is 4. The van der Waals surface area contributed by atoms with Crippen molar-refractivity contribution in [2.75, 3.05) is 13.2 Å². The summed E-state index contributed by atoms with van der Waals surface area (Å²) in [5, 5.41) is 58.7. The molecule has 0 aliphatic carbocycles. The van der Waals surface area contributed by atoms with Crippen LogP contribution in [0.25, 0.3) is 0 Å². The summed E-state index contributed by atoms with van der Waals surface area (Å²) in [6.45, 7) is 4.30. The summed E-state index contributed by atoms with van der Waals surface area (Å²) in [5.41, 5.74) is 6.37. The third-order valence-electron chi connectivity index (χ3n) is 4.22. The number of aliphatic imine (C=N–C) groups is 1. The van der Waals surface area contributed by atoms with Gasteiger partial charge in [-0.25, -0.2) is 14.6 Å². The monoisotopic (exact) mass is 483 g/mol. The van der Waals surface area contributed by atoms with E-state index in [1.54, 1.807) is 20.8 Å². The Balaban J connectivity index is 2.72. The molecule has 1 fully saturated rings. The number of hydrogen-bond donors (Lipinski definition) is 9. The van der Waals surface area contributed by atoms with Crippen LogP contribution in [0, 0.1) is 5.21 Å². The second-order valence-electron chi connectivity index (χ2n) is 8.21. The second kappa shape index (κ2) is 12.8. The number of rotatable bonds is 9. The molecule has 33 heavy (non-hydrogen) atoms. The molecule has 7 unspecified atom stereocenters. The first-order chi connectivity index (χ1) is 15.2. The maximum Gasteiger partial charge on any atom is 0.408 e. The van der Waals surface area contributed by atoms with Crippen molar-refractivity contribution in [3.8, 4) is 0 Å². The van der Waals surface area contributed by atoms with E-state index in [4.69, 9.17) is 25.2 Å². The largest absolute Gasteiger partial charge is 0.574 e. The molecule has 1 amide bonds. The number of alkyl carbamates (subject to hydrolysis) is 1. The topological polar surface area (TPSA) is 253 Å². The summed E-state index contributed by atoms with van der Waals surface area (Å²) in [6, 6.07) is -1.22. The van der Waals surface area contributed by atoms with Gasteiger partial charge in [-0.15, -0.1) is 5.34 Å². The van der Waals surface area contributed by atoms with Crippen LogP contribution in [0.5, 0.6) is 0 Å². The maximum absolute atomic E-state index is 12.5. The number of nitrogens with one attached hydrogen (secondary N) is 3. The zero-order valence-electron chi connectivity index (χ0n) is 18.5. The van der Waals surface area contributed by atoms with Gasteiger partial charge in [-0.05, 0) is 33.6 Å².